The Hall–Kier alpha value is -3.36. The number of amides is 1. The first kappa shape index (κ1) is 20.5. The van der Waals surface area contributed by atoms with E-state index < -0.39 is 0 Å². The van der Waals surface area contributed by atoms with E-state index >= 15 is 0 Å². The van der Waals surface area contributed by atoms with Crippen molar-refractivity contribution in [2.45, 2.75) is 44.3 Å². The molecular weight excluding hydrogens is 409 g/mol. The molecule has 4 heterocycles. The summed E-state index contributed by atoms with van der Waals surface area (Å²) in [7, 11) is 1.80. The van der Waals surface area contributed by atoms with Crippen molar-refractivity contribution in [3.63, 3.8) is 0 Å². The van der Waals surface area contributed by atoms with Crippen molar-refractivity contribution >= 4 is 35.3 Å². The third kappa shape index (κ3) is 4.06. The Morgan fingerprint density at radius 1 is 1.19 bits per heavy atom. The molecule has 0 saturated carbocycles. The number of nitrogens with one attached hydrogen (secondary N) is 1. The Balaban J connectivity index is 1.27. The monoisotopic (exact) mass is 435 g/mol. The Kier molecular flexibility index (Phi) is 5.55. The number of aliphatic imine (C=N–C) groups is 2. The van der Waals surface area contributed by atoms with Crippen LogP contribution in [0.4, 0.5) is 21.8 Å². The zero-order valence-corrected chi connectivity index (χ0v) is 18.0. The van der Waals surface area contributed by atoms with Crippen LogP contribution in [-0.4, -0.2) is 60.1 Å². The normalized spacial score (nSPS) is 22.3. The lowest BCUT2D eigenvalue weighted by Gasteiger charge is -2.39. The summed E-state index contributed by atoms with van der Waals surface area (Å²) in [5.74, 6) is 1.19. The highest BCUT2D eigenvalue weighted by Crippen LogP contribution is 2.36. The van der Waals surface area contributed by atoms with Crippen molar-refractivity contribution in [3.8, 4) is 0 Å². The second-order valence-electron chi connectivity index (χ2n) is 8.42. The lowest BCUT2D eigenvalue weighted by molar-refractivity contribution is -0.120. The third-order valence-corrected chi connectivity index (χ3v) is 6.22. The van der Waals surface area contributed by atoms with Crippen molar-refractivity contribution in [2.75, 3.05) is 35.3 Å². The van der Waals surface area contributed by atoms with Crippen molar-refractivity contribution in [2.24, 2.45) is 9.98 Å². The molecule has 0 bridgehead atoms. The van der Waals surface area contributed by atoms with Gasteiger partial charge in [0.1, 0.15) is 23.7 Å². The van der Waals surface area contributed by atoms with Crippen LogP contribution in [0, 0.1) is 5.82 Å². The number of rotatable bonds is 5. The number of hydrogen-bond acceptors (Lipinski definition) is 7. The first-order valence-electron chi connectivity index (χ1n) is 11.1. The maximum Gasteiger partial charge on any atom is 0.249 e. The van der Waals surface area contributed by atoms with Crippen LogP contribution >= 0.6 is 0 Å². The number of benzene rings is 1. The highest BCUT2D eigenvalue weighted by atomic mass is 19.1. The number of halogens is 1. The molecule has 1 aromatic carbocycles. The average Bonchev–Trinajstić information content (AvgIpc) is 3.10. The molecule has 166 valence electrons. The molecule has 8 nitrogen and oxygen atoms in total. The van der Waals surface area contributed by atoms with Crippen molar-refractivity contribution < 1.29 is 9.18 Å². The van der Waals surface area contributed by atoms with Crippen LogP contribution in [0.3, 0.4) is 0 Å². The number of carbonyl (C=O) groups excluding carboxylic acids is 1. The molecule has 3 aliphatic rings. The minimum atomic E-state index is -0.246. The summed E-state index contributed by atoms with van der Waals surface area (Å²) in [6.07, 6.45) is 8.02. The number of carbonyl (C=O) groups is 1. The second-order valence-corrected chi connectivity index (χ2v) is 8.42. The highest BCUT2D eigenvalue weighted by Gasteiger charge is 2.38. The van der Waals surface area contributed by atoms with Crippen LogP contribution < -0.4 is 15.1 Å². The summed E-state index contributed by atoms with van der Waals surface area (Å²) in [6, 6.07) is 6.28. The fraction of sp³-hybridized carbons (Fsp3) is 0.435. The molecule has 1 fully saturated rings. The zero-order valence-electron chi connectivity index (χ0n) is 18.0. The maximum atomic E-state index is 13.1. The van der Waals surface area contributed by atoms with Crippen LogP contribution in [0.2, 0.25) is 0 Å². The summed E-state index contributed by atoms with van der Waals surface area (Å²) in [5, 5.41) is 3.24. The Labute approximate surface area is 186 Å². The van der Waals surface area contributed by atoms with E-state index in [4.69, 9.17) is 4.98 Å². The van der Waals surface area contributed by atoms with Crippen molar-refractivity contribution in [1.29, 1.82) is 0 Å². The van der Waals surface area contributed by atoms with Gasteiger partial charge in [-0.05, 0) is 30.5 Å². The molecule has 0 radical (unpaired) electrons. The fourth-order valence-electron chi connectivity index (χ4n) is 4.48. The average molecular weight is 436 g/mol. The number of aromatic nitrogens is 2. The van der Waals surface area contributed by atoms with Gasteiger partial charge < -0.3 is 15.1 Å². The molecule has 2 atom stereocenters. The van der Waals surface area contributed by atoms with Crippen LogP contribution in [0.5, 0.6) is 0 Å². The summed E-state index contributed by atoms with van der Waals surface area (Å²) in [4.78, 5) is 34.9. The predicted molar refractivity (Wildman–Crippen MR) is 123 cm³/mol. The van der Waals surface area contributed by atoms with E-state index in [-0.39, 0.29) is 23.9 Å². The minimum Gasteiger partial charge on any atom is -0.348 e. The lowest BCUT2D eigenvalue weighted by Crippen LogP contribution is -2.52. The van der Waals surface area contributed by atoms with Crippen molar-refractivity contribution in [3.05, 3.63) is 41.8 Å². The molecule has 1 unspecified atom stereocenters. The molecule has 1 N–H and O–H groups in total. The van der Waals surface area contributed by atoms with Gasteiger partial charge in [-0.1, -0.05) is 25.0 Å². The van der Waals surface area contributed by atoms with Gasteiger partial charge in [0.2, 0.25) is 11.9 Å². The third-order valence-electron chi connectivity index (χ3n) is 6.22. The van der Waals surface area contributed by atoms with Gasteiger partial charge in [0.05, 0.1) is 18.5 Å². The van der Waals surface area contributed by atoms with Gasteiger partial charge in [0.25, 0.3) is 0 Å². The molecule has 5 rings (SSSR count). The molecule has 32 heavy (non-hydrogen) atoms. The van der Waals surface area contributed by atoms with Gasteiger partial charge in [-0.3, -0.25) is 14.8 Å². The molecule has 1 saturated heterocycles. The van der Waals surface area contributed by atoms with Crippen molar-refractivity contribution in [1.82, 2.24) is 9.97 Å². The highest BCUT2D eigenvalue weighted by molar-refractivity contribution is 6.33. The maximum absolute atomic E-state index is 13.1. The molecular formula is C23H26FN7O. The topological polar surface area (TPSA) is 86.1 Å². The smallest absolute Gasteiger partial charge is 0.249 e. The fourth-order valence-corrected chi connectivity index (χ4v) is 4.48. The molecule has 2 aromatic rings. The number of nitrogens with zero attached hydrogens (tertiary/aromatic N) is 6. The number of fused-ring (bicyclic) bond motifs is 3. The lowest BCUT2D eigenvalue weighted by atomic mass is 10.1. The largest absolute Gasteiger partial charge is 0.348 e. The van der Waals surface area contributed by atoms with Gasteiger partial charge >= 0.3 is 0 Å². The van der Waals surface area contributed by atoms with Crippen LogP contribution in [0.1, 0.15) is 31.2 Å². The van der Waals surface area contributed by atoms with E-state index in [1.165, 1.54) is 12.1 Å². The Morgan fingerprint density at radius 3 is 2.88 bits per heavy atom. The quantitative estimate of drug-likeness (QED) is 0.781. The van der Waals surface area contributed by atoms with E-state index in [1.807, 2.05) is 0 Å². The molecule has 1 aromatic heterocycles. The number of hydrogen-bond donors (Lipinski definition) is 1. The summed E-state index contributed by atoms with van der Waals surface area (Å²) in [6.45, 7) is 1.29. The van der Waals surface area contributed by atoms with Gasteiger partial charge in [-0.2, -0.15) is 4.98 Å². The molecule has 0 spiro atoms. The second kappa shape index (κ2) is 8.64. The number of anilines is 3. The standard InChI is InChI=1S/C23H26FN7O/c1-30-19-14-27-23(29-21(19)31-10-4-2-3-5-18(31)22(30)32)26-13-17-12-25-20(28-17)11-15-6-8-16(24)9-7-15/h6-9,12,14,18,20H,2-5,10-11,13H2,1H3,(H,26,27,29)/t18-,20?/m1/s1. The van der Waals surface area contributed by atoms with Crippen LogP contribution in [0.25, 0.3) is 0 Å². The number of likely N-dealkylation sites (N-methyl/N-ethyl adjacent to an activating group) is 1. The summed E-state index contributed by atoms with van der Waals surface area (Å²) in [5.41, 5.74) is 2.56. The zero-order chi connectivity index (χ0) is 22.1. The summed E-state index contributed by atoms with van der Waals surface area (Å²) < 4.78 is 13.1. The van der Waals surface area contributed by atoms with E-state index in [0.29, 0.717) is 18.9 Å². The SMILES string of the molecule is CN1C(=O)[C@H]2CCCCCN2c2nc(NCC3=NC(Cc4ccc(F)cc4)N=C3)ncc21. The van der Waals surface area contributed by atoms with Gasteiger partial charge in [-0.25, -0.2) is 9.37 Å². The Bertz CT molecular complexity index is 1070. The first-order valence-corrected chi connectivity index (χ1v) is 11.1. The minimum absolute atomic E-state index is 0.118. The summed E-state index contributed by atoms with van der Waals surface area (Å²) >= 11 is 0. The van der Waals surface area contributed by atoms with Crippen LogP contribution in [-0.2, 0) is 11.2 Å². The van der Waals surface area contributed by atoms with E-state index in [0.717, 1.165) is 55.0 Å². The van der Waals surface area contributed by atoms with E-state index in [1.54, 1.807) is 36.5 Å². The van der Waals surface area contributed by atoms with E-state index in [9.17, 15) is 9.18 Å². The Morgan fingerprint density at radius 2 is 2.03 bits per heavy atom. The van der Waals surface area contributed by atoms with Gasteiger partial charge in [-0.15, -0.1) is 0 Å². The molecule has 9 heteroatoms. The molecule has 0 aliphatic carbocycles. The van der Waals surface area contributed by atoms with Gasteiger partial charge in [0, 0.05) is 26.2 Å². The molecule has 1 amide bonds. The van der Waals surface area contributed by atoms with Crippen LogP contribution in [0.15, 0.2) is 40.4 Å². The van der Waals surface area contributed by atoms with Gasteiger partial charge in [0.15, 0.2) is 5.82 Å². The van der Waals surface area contributed by atoms with E-state index in [2.05, 4.69) is 25.2 Å². The first-order chi connectivity index (χ1) is 15.6. The molecule has 3 aliphatic heterocycles. The predicted octanol–water partition coefficient (Wildman–Crippen LogP) is 2.85.